The Balaban J connectivity index is 4.01. The smallest absolute Gasteiger partial charge is 0.145 e. The van der Waals surface area contributed by atoms with Gasteiger partial charge in [0.25, 0.3) is 6.69 Å². The summed E-state index contributed by atoms with van der Waals surface area (Å²) in [5.41, 5.74) is 0.918. The van der Waals surface area contributed by atoms with Gasteiger partial charge in [-0.25, -0.2) is 0 Å². The lowest BCUT2D eigenvalue weighted by atomic mass is 10.5. The lowest BCUT2D eigenvalue weighted by Crippen LogP contribution is -2.27. The first kappa shape index (κ1) is 9.80. The van der Waals surface area contributed by atoms with Gasteiger partial charge in [0.2, 0.25) is 0 Å². The normalized spacial score (nSPS) is 13.3. The molecule has 0 aromatic heterocycles. The standard InChI is InChI=1S/C6H14Cl2Si/c1-5(2)9(7,8)6(3)4/h5-6H,1-4H3. The van der Waals surface area contributed by atoms with E-state index in [2.05, 4.69) is 27.7 Å². The van der Waals surface area contributed by atoms with E-state index in [4.69, 9.17) is 22.2 Å². The third-order valence-corrected chi connectivity index (χ3v) is 9.86. The zero-order valence-electron chi connectivity index (χ0n) is 6.41. The Kier molecular flexibility index (Phi) is 3.55. The van der Waals surface area contributed by atoms with Crippen LogP contribution in [0.5, 0.6) is 0 Å². The van der Waals surface area contributed by atoms with Crippen molar-refractivity contribution in [3.63, 3.8) is 0 Å². The van der Waals surface area contributed by atoms with Gasteiger partial charge in [-0.3, -0.25) is 0 Å². The van der Waals surface area contributed by atoms with Crippen LogP contribution in [0, 0.1) is 0 Å². The van der Waals surface area contributed by atoms with Crippen molar-refractivity contribution in [3.05, 3.63) is 0 Å². The Bertz CT molecular complexity index is 79.1. The van der Waals surface area contributed by atoms with E-state index >= 15 is 0 Å². The highest BCUT2D eigenvalue weighted by Gasteiger charge is 2.35. The van der Waals surface area contributed by atoms with Crippen LogP contribution in [0.15, 0.2) is 0 Å². The van der Waals surface area contributed by atoms with Gasteiger partial charge in [0.05, 0.1) is 0 Å². The Morgan fingerprint density at radius 2 is 1.11 bits per heavy atom. The molecule has 0 aromatic rings. The van der Waals surface area contributed by atoms with Gasteiger partial charge in [0.15, 0.2) is 0 Å². The van der Waals surface area contributed by atoms with Crippen LogP contribution in [0.3, 0.4) is 0 Å². The summed E-state index contributed by atoms with van der Waals surface area (Å²) in [5, 5.41) is 0. The molecular weight excluding hydrogens is 171 g/mol. The maximum Gasteiger partial charge on any atom is 0.256 e. The van der Waals surface area contributed by atoms with Crippen molar-refractivity contribution in [1.29, 1.82) is 0 Å². The molecule has 0 aliphatic rings. The van der Waals surface area contributed by atoms with Gasteiger partial charge in [0.1, 0.15) is 0 Å². The Morgan fingerprint density at radius 3 is 1.11 bits per heavy atom. The molecule has 0 bridgehead atoms. The predicted octanol–water partition coefficient (Wildman–Crippen LogP) is 3.73. The molecule has 0 amide bonds. The summed E-state index contributed by atoms with van der Waals surface area (Å²) >= 11 is 12.2. The Labute approximate surface area is 68.0 Å². The molecule has 56 valence electrons. The topological polar surface area (TPSA) is 0 Å². The van der Waals surface area contributed by atoms with E-state index in [-0.39, 0.29) is 0 Å². The average Bonchev–Trinajstić information content (AvgIpc) is 1.65. The third kappa shape index (κ3) is 2.48. The van der Waals surface area contributed by atoms with E-state index in [0.717, 1.165) is 0 Å². The number of halogens is 2. The molecule has 0 heterocycles. The molecule has 0 fully saturated rings. The van der Waals surface area contributed by atoms with Crippen LogP contribution in [0.1, 0.15) is 27.7 Å². The molecule has 0 nitrogen and oxygen atoms in total. The van der Waals surface area contributed by atoms with Crippen LogP contribution < -0.4 is 0 Å². The Morgan fingerprint density at radius 1 is 0.889 bits per heavy atom. The van der Waals surface area contributed by atoms with Crippen LogP contribution >= 0.6 is 22.2 Å². The van der Waals surface area contributed by atoms with Crippen molar-refractivity contribution in [1.82, 2.24) is 0 Å². The first-order valence-corrected chi connectivity index (χ1v) is 7.44. The van der Waals surface area contributed by atoms with Crippen molar-refractivity contribution >= 4 is 28.9 Å². The van der Waals surface area contributed by atoms with Gasteiger partial charge in [0, 0.05) is 0 Å². The van der Waals surface area contributed by atoms with Crippen LogP contribution in [-0.2, 0) is 0 Å². The molecule has 0 aliphatic carbocycles. The van der Waals surface area contributed by atoms with Crippen molar-refractivity contribution < 1.29 is 0 Å². The van der Waals surface area contributed by atoms with Crippen molar-refractivity contribution in [3.8, 4) is 0 Å². The van der Waals surface area contributed by atoms with Gasteiger partial charge in [-0.15, -0.1) is 22.2 Å². The highest BCUT2D eigenvalue weighted by Crippen LogP contribution is 2.38. The predicted molar refractivity (Wildman–Crippen MR) is 47.7 cm³/mol. The number of rotatable bonds is 2. The second-order valence-corrected chi connectivity index (χ2v) is 11.0. The van der Waals surface area contributed by atoms with E-state index < -0.39 is 6.69 Å². The van der Waals surface area contributed by atoms with Crippen molar-refractivity contribution in [2.75, 3.05) is 0 Å². The van der Waals surface area contributed by atoms with Crippen LogP contribution in [0.4, 0.5) is 0 Å². The van der Waals surface area contributed by atoms with E-state index in [9.17, 15) is 0 Å². The summed E-state index contributed by atoms with van der Waals surface area (Å²) in [7, 11) is 0. The summed E-state index contributed by atoms with van der Waals surface area (Å²) in [6.45, 7) is 6.44. The molecule has 0 N–H and O–H groups in total. The third-order valence-electron chi connectivity index (χ3n) is 1.54. The highest BCUT2D eigenvalue weighted by atomic mass is 35.7. The first-order chi connectivity index (χ1) is 3.89. The van der Waals surface area contributed by atoms with E-state index in [1.165, 1.54) is 0 Å². The van der Waals surface area contributed by atoms with Gasteiger partial charge in [-0.2, -0.15) is 0 Å². The van der Waals surface area contributed by atoms with E-state index in [1.807, 2.05) is 0 Å². The first-order valence-electron chi connectivity index (χ1n) is 3.26. The molecule has 0 unspecified atom stereocenters. The molecule has 0 atom stereocenters. The van der Waals surface area contributed by atoms with Crippen LogP contribution in [0.25, 0.3) is 0 Å². The molecule has 0 rings (SSSR count). The molecule has 0 saturated carbocycles. The fraction of sp³-hybridized carbons (Fsp3) is 1.00. The SMILES string of the molecule is CC(C)[Si](Cl)(Cl)C(C)C. The largest absolute Gasteiger partial charge is 0.256 e. The average molecular weight is 185 g/mol. The van der Waals surface area contributed by atoms with Crippen LogP contribution in [0.2, 0.25) is 11.1 Å². The lowest BCUT2D eigenvalue weighted by molar-refractivity contribution is 0.951. The minimum atomic E-state index is -1.91. The summed E-state index contributed by atoms with van der Waals surface area (Å²) in [6.07, 6.45) is 0. The van der Waals surface area contributed by atoms with Crippen molar-refractivity contribution in [2.45, 2.75) is 38.8 Å². The molecule has 0 spiro atoms. The molecule has 0 saturated heterocycles. The highest BCUT2D eigenvalue weighted by molar-refractivity contribution is 7.46. The second kappa shape index (κ2) is 3.27. The zero-order chi connectivity index (χ0) is 7.65. The fourth-order valence-electron chi connectivity index (χ4n) is 0.667. The summed E-state index contributed by atoms with van der Waals surface area (Å²) in [4.78, 5) is 0. The maximum atomic E-state index is 6.11. The molecule has 0 aromatic carbocycles. The van der Waals surface area contributed by atoms with Gasteiger partial charge >= 0.3 is 0 Å². The molecule has 0 radical (unpaired) electrons. The maximum absolute atomic E-state index is 6.11. The molecular formula is C6H14Cl2Si. The van der Waals surface area contributed by atoms with Gasteiger partial charge in [-0.1, -0.05) is 27.7 Å². The van der Waals surface area contributed by atoms with E-state index in [0.29, 0.717) is 11.1 Å². The quantitative estimate of drug-likeness (QED) is 0.454. The molecule has 0 aliphatic heterocycles. The summed E-state index contributed by atoms with van der Waals surface area (Å²) < 4.78 is 0. The van der Waals surface area contributed by atoms with E-state index in [1.54, 1.807) is 0 Å². The minimum Gasteiger partial charge on any atom is -0.145 e. The lowest BCUT2D eigenvalue weighted by Gasteiger charge is -2.24. The number of hydrogen-bond donors (Lipinski definition) is 0. The van der Waals surface area contributed by atoms with Gasteiger partial charge < -0.3 is 0 Å². The molecule has 3 heteroatoms. The Hall–Kier alpha value is 0.797. The molecule has 9 heavy (non-hydrogen) atoms. The fourth-order valence-corrected chi connectivity index (χ4v) is 2.00. The van der Waals surface area contributed by atoms with Crippen molar-refractivity contribution in [2.24, 2.45) is 0 Å². The second-order valence-electron chi connectivity index (χ2n) is 2.98. The summed E-state index contributed by atoms with van der Waals surface area (Å²) in [6, 6.07) is 0. The van der Waals surface area contributed by atoms with Gasteiger partial charge in [-0.05, 0) is 11.1 Å². The summed E-state index contributed by atoms with van der Waals surface area (Å²) in [5.74, 6) is 0. The monoisotopic (exact) mass is 184 g/mol. The number of hydrogen-bond acceptors (Lipinski definition) is 0. The minimum absolute atomic E-state index is 0.459. The van der Waals surface area contributed by atoms with Crippen LogP contribution in [-0.4, -0.2) is 6.69 Å². The zero-order valence-corrected chi connectivity index (χ0v) is 8.92.